The number of hydrazine groups is 1. The lowest BCUT2D eigenvalue weighted by atomic mass is 9.82. The van der Waals surface area contributed by atoms with Crippen molar-refractivity contribution in [2.45, 2.75) is 19.8 Å². The number of hydrogen-bond acceptors (Lipinski definition) is 8. The van der Waals surface area contributed by atoms with Crippen LogP contribution in [0, 0.1) is 32.1 Å². The number of ketones is 1. The summed E-state index contributed by atoms with van der Waals surface area (Å²) in [5, 5.41) is 23.7. The number of carbonyl (C=O) groups excluding carboxylic acids is 4. The fourth-order valence-electron chi connectivity index (χ4n) is 4.44. The first-order chi connectivity index (χ1) is 17.1. The Morgan fingerprint density at radius 1 is 0.972 bits per heavy atom. The van der Waals surface area contributed by atoms with E-state index in [4.69, 9.17) is 0 Å². The lowest BCUT2D eigenvalue weighted by molar-refractivity contribution is -0.385. The molecule has 2 aromatic carbocycles. The number of nitro benzene ring substituents is 2. The van der Waals surface area contributed by atoms with Gasteiger partial charge in [0, 0.05) is 23.8 Å². The van der Waals surface area contributed by atoms with Gasteiger partial charge < -0.3 is 0 Å². The maximum Gasteiger partial charge on any atom is 0.282 e. The van der Waals surface area contributed by atoms with E-state index in [1.807, 2.05) is 13.0 Å². The van der Waals surface area contributed by atoms with Crippen molar-refractivity contribution in [1.29, 1.82) is 0 Å². The molecule has 184 valence electrons. The van der Waals surface area contributed by atoms with Crippen molar-refractivity contribution in [2.24, 2.45) is 11.8 Å². The third-order valence-corrected chi connectivity index (χ3v) is 6.30. The van der Waals surface area contributed by atoms with Crippen LogP contribution in [-0.2, 0) is 9.59 Å². The van der Waals surface area contributed by atoms with Gasteiger partial charge in [0.25, 0.3) is 29.1 Å². The van der Waals surface area contributed by atoms with Gasteiger partial charge >= 0.3 is 0 Å². The summed E-state index contributed by atoms with van der Waals surface area (Å²) in [6.07, 6.45) is 2.45. The maximum atomic E-state index is 13.5. The Morgan fingerprint density at radius 2 is 1.61 bits per heavy atom. The van der Waals surface area contributed by atoms with Gasteiger partial charge in [-0.3, -0.25) is 39.4 Å². The normalized spacial score (nSPS) is 18.9. The average molecular weight is 492 g/mol. The number of Topliss-reactive ketones (excluding diaryl/α,β-unsaturated/α-hetero) is 1. The number of carbonyl (C=O) groups is 4. The van der Waals surface area contributed by atoms with Gasteiger partial charge in [-0.1, -0.05) is 23.8 Å². The van der Waals surface area contributed by atoms with Crippen LogP contribution in [0.2, 0.25) is 0 Å². The van der Waals surface area contributed by atoms with Gasteiger partial charge in [-0.15, -0.1) is 0 Å². The van der Waals surface area contributed by atoms with Gasteiger partial charge in [-0.05, 0) is 38.0 Å². The predicted octanol–water partition coefficient (Wildman–Crippen LogP) is 3.08. The summed E-state index contributed by atoms with van der Waals surface area (Å²) in [7, 11) is 0. The van der Waals surface area contributed by atoms with E-state index in [2.05, 4.69) is 0 Å². The molecule has 0 saturated carbocycles. The second kappa shape index (κ2) is 9.49. The molecule has 1 aliphatic carbocycles. The minimum Gasteiger partial charge on any atom is -0.292 e. The minimum absolute atomic E-state index is 0.00464. The van der Waals surface area contributed by atoms with Crippen LogP contribution in [-0.4, -0.2) is 49.9 Å². The van der Waals surface area contributed by atoms with Gasteiger partial charge in [-0.25, -0.2) is 5.01 Å². The zero-order valence-corrected chi connectivity index (χ0v) is 19.0. The van der Waals surface area contributed by atoms with E-state index < -0.39 is 63.0 Å². The summed E-state index contributed by atoms with van der Waals surface area (Å²) in [5.74, 6) is -4.54. The largest absolute Gasteiger partial charge is 0.292 e. The third-order valence-electron chi connectivity index (χ3n) is 6.30. The molecular weight excluding hydrogens is 472 g/mol. The number of nitro groups is 2. The molecule has 36 heavy (non-hydrogen) atoms. The zero-order chi connectivity index (χ0) is 26.1. The zero-order valence-electron chi connectivity index (χ0n) is 19.0. The quantitative estimate of drug-likeness (QED) is 0.187. The number of non-ortho nitro benzene ring substituents is 1. The number of rotatable bonds is 7. The molecule has 0 spiro atoms. The first kappa shape index (κ1) is 24.4. The number of imide groups is 1. The van der Waals surface area contributed by atoms with Crippen LogP contribution in [0.5, 0.6) is 0 Å². The highest BCUT2D eigenvalue weighted by atomic mass is 16.6. The van der Waals surface area contributed by atoms with Crippen molar-refractivity contribution in [3.05, 3.63) is 91.5 Å². The summed E-state index contributed by atoms with van der Waals surface area (Å²) in [6.45, 7) is 1.04. The first-order valence-electron chi connectivity index (χ1n) is 11.0. The van der Waals surface area contributed by atoms with Gasteiger partial charge in [0.15, 0.2) is 5.78 Å². The number of amides is 3. The molecule has 0 N–H and O–H groups in total. The first-order valence-corrected chi connectivity index (χ1v) is 11.0. The molecule has 2 aromatic rings. The molecule has 1 fully saturated rings. The molecule has 1 heterocycles. The van der Waals surface area contributed by atoms with Gasteiger partial charge in [0.2, 0.25) is 0 Å². The predicted molar refractivity (Wildman–Crippen MR) is 123 cm³/mol. The fourth-order valence-corrected chi connectivity index (χ4v) is 4.44. The molecule has 2 atom stereocenters. The molecule has 1 aliphatic heterocycles. The lowest BCUT2D eigenvalue weighted by Gasteiger charge is -2.30. The highest BCUT2D eigenvalue weighted by Gasteiger charge is 2.52. The number of nitrogens with zero attached hydrogens (tertiary/aromatic N) is 4. The van der Waals surface area contributed by atoms with E-state index in [1.165, 1.54) is 30.3 Å². The Labute approximate surface area is 204 Å². The number of hydrogen-bond donors (Lipinski definition) is 0. The van der Waals surface area contributed by atoms with Crippen LogP contribution < -0.4 is 0 Å². The summed E-state index contributed by atoms with van der Waals surface area (Å²) >= 11 is 0. The highest BCUT2D eigenvalue weighted by Crippen LogP contribution is 2.39. The van der Waals surface area contributed by atoms with E-state index in [1.54, 1.807) is 0 Å². The molecule has 1 saturated heterocycles. The fraction of sp³-hybridized carbons (Fsp3) is 0.250. The molecular formula is C24H20N4O8. The van der Waals surface area contributed by atoms with E-state index >= 15 is 0 Å². The van der Waals surface area contributed by atoms with E-state index in [0.29, 0.717) is 22.9 Å². The second-order valence-corrected chi connectivity index (χ2v) is 8.56. The van der Waals surface area contributed by atoms with E-state index in [-0.39, 0.29) is 11.3 Å². The van der Waals surface area contributed by atoms with E-state index in [0.717, 1.165) is 23.8 Å². The molecule has 12 nitrogen and oxygen atoms in total. The van der Waals surface area contributed by atoms with Crippen LogP contribution in [0.15, 0.2) is 60.2 Å². The Bertz CT molecular complexity index is 1330. The van der Waals surface area contributed by atoms with Crippen molar-refractivity contribution >= 4 is 34.9 Å². The standard InChI is InChI=1S/C24H20N4O8/c1-14-6-11-17-19(12-14)24(32)26(23(17)31)25(22(30)18-4-2-3-5-20(18)28(35)36)13-21(29)15-7-9-16(10-8-15)27(33)34/h2-10,17,19H,11-13H2,1H3/t17-,19+/m1/s1. The van der Waals surface area contributed by atoms with Crippen LogP contribution >= 0.6 is 0 Å². The third kappa shape index (κ3) is 4.35. The second-order valence-electron chi connectivity index (χ2n) is 8.56. The summed E-state index contributed by atoms with van der Waals surface area (Å²) in [6, 6.07) is 9.61. The monoisotopic (exact) mass is 492 g/mol. The molecule has 12 heteroatoms. The van der Waals surface area contributed by atoms with Crippen molar-refractivity contribution in [3.63, 3.8) is 0 Å². The highest BCUT2D eigenvalue weighted by molar-refractivity contribution is 6.10. The Balaban J connectivity index is 1.73. The van der Waals surface area contributed by atoms with Crippen LogP contribution in [0.3, 0.4) is 0 Å². The molecule has 2 aliphatic rings. The molecule has 3 amide bonds. The van der Waals surface area contributed by atoms with Crippen LogP contribution in [0.1, 0.15) is 40.5 Å². The summed E-state index contributed by atoms with van der Waals surface area (Å²) in [4.78, 5) is 74.2. The summed E-state index contributed by atoms with van der Waals surface area (Å²) < 4.78 is 0. The molecule has 0 unspecified atom stereocenters. The molecule has 0 radical (unpaired) electrons. The molecule has 0 aromatic heterocycles. The lowest BCUT2D eigenvalue weighted by Crippen LogP contribution is -2.52. The van der Waals surface area contributed by atoms with Crippen molar-refractivity contribution in [1.82, 2.24) is 10.0 Å². The number of allylic oxidation sites excluding steroid dienone is 2. The minimum atomic E-state index is -1.07. The van der Waals surface area contributed by atoms with Crippen LogP contribution in [0.4, 0.5) is 11.4 Å². The summed E-state index contributed by atoms with van der Waals surface area (Å²) in [5.41, 5.74) is -0.294. The van der Waals surface area contributed by atoms with Crippen molar-refractivity contribution in [2.75, 3.05) is 6.54 Å². The number of fused-ring (bicyclic) bond motifs is 1. The van der Waals surface area contributed by atoms with Crippen LogP contribution in [0.25, 0.3) is 0 Å². The number of benzene rings is 2. The van der Waals surface area contributed by atoms with Crippen molar-refractivity contribution in [3.8, 4) is 0 Å². The Morgan fingerprint density at radius 3 is 2.25 bits per heavy atom. The van der Waals surface area contributed by atoms with Gasteiger partial charge in [0.05, 0.1) is 21.7 Å². The topological polar surface area (TPSA) is 161 Å². The van der Waals surface area contributed by atoms with Gasteiger partial charge in [-0.2, -0.15) is 5.01 Å². The smallest absolute Gasteiger partial charge is 0.282 e. The Kier molecular flexibility index (Phi) is 6.43. The number of para-hydroxylation sites is 1. The molecule has 0 bridgehead atoms. The molecule has 4 rings (SSSR count). The van der Waals surface area contributed by atoms with Gasteiger partial charge in [0.1, 0.15) is 12.1 Å². The van der Waals surface area contributed by atoms with E-state index in [9.17, 15) is 39.4 Å². The SMILES string of the molecule is CC1=CC[C@H]2C(=O)N(N(CC(=O)c3ccc([N+](=O)[O-])cc3)C(=O)c3ccccc3[N+](=O)[O-])C(=O)[C@H]2C1. The average Bonchev–Trinajstić information content (AvgIpc) is 3.10. The van der Waals surface area contributed by atoms with Crippen molar-refractivity contribution < 1.29 is 29.0 Å². The Hall–Kier alpha value is -4.74. The maximum absolute atomic E-state index is 13.5.